The Labute approximate surface area is 110 Å². The van der Waals surface area contributed by atoms with E-state index in [-0.39, 0.29) is 17.8 Å². The molecule has 106 valence electrons. The molecule has 0 spiro atoms. The molecule has 1 fully saturated rings. The first-order valence-electron chi connectivity index (χ1n) is 6.14. The second-order valence-corrected chi connectivity index (χ2v) is 4.91. The Hall–Kier alpha value is -1.43. The monoisotopic (exact) mass is 274 g/mol. The van der Waals surface area contributed by atoms with E-state index >= 15 is 0 Å². The normalized spacial score (nSPS) is 24.6. The van der Waals surface area contributed by atoms with E-state index in [0.717, 1.165) is 6.07 Å². The lowest BCUT2D eigenvalue weighted by atomic mass is 10.1. The molecule has 1 aliphatic rings. The number of alkyl halides is 3. The molecular formula is C13H17F3N2O. The van der Waals surface area contributed by atoms with Crippen molar-refractivity contribution in [2.45, 2.75) is 32.2 Å². The summed E-state index contributed by atoms with van der Waals surface area (Å²) in [6, 6.07) is 4.09. The molecule has 1 aromatic carbocycles. The zero-order valence-corrected chi connectivity index (χ0v) is 10.9. The van der Waals surface area contributed by atoms with Crippen molar-refractivity contribution in [1.82, 2.24) is 0 Å². The van der Waals surface area contributed by atoms with Crippen LogP contribution >= 0.6 is 0 Å². The van der Waals surface area contributed by atoms with Gasteiger partial charge >= 0.3 is 6.18 Å². The molecule has 0 radical (unpaired) electrons. The average Bonchev–Trinajstić information content (AvgIpc) is 2.31. The highest BCUT2D eigenvalue weighted by Gasteiger charge is 2.34. The Morgan fingerprint density at radius 2 is 2.00 bits per heavy atom. The summed E-state index contributed by atoms with van der Waals surface area (Å²) in [4.78, 5) is 1.92. The maximum absolute atomic E-state index is 12.8. The summed E-state index contributed by atoms with van der Waals surface area (Å²) >= 11 is 0. The zero-order valence-electron chi connectivity index (χ0n) is 10.9. The third kappa shape index (κ3) is 2.94. The maximum Gasteiger partial charge on any atom is 0.418 e. The van der Waals surface area contributed by atoms with Gasteiger partial charge in [0.05, 0.1) is 18.3 Å². The average molecular weight is 274 g/mol. The van der Waals surface area contributed by atoms with Crippen LogP contribution in [-0.2, 0) is 10.9 Å². The van der Waals surface area contributed by atoms with Crippen molar-refractivity contribution < 1.29 is 17.9 Å². The molecule has 0 saturated carbocycles. The van der Waals surface area contributed by atoms with Gasteiger partial charge in [0.1, 0.15) is 0 Å². The van der Waals surface area contributed by atoms with E-state index in [1.54, 1.807) is 6.07 Å². The van der Waals surface area contributed by atoms with E-state index in [9.17, 15) is 13.2 Å². The number of ether oxygens (including phenoxy) is 1. The Morgan fingerprint density at radius 3 is 2.63 bits per heavy atom. The van der Waals surface area contributed by atoms with Gasteiger partial charge in [-0.3, -0.25) is 0 Å². The lowest BCUT2D eigenvalue weighted by molar-refractivity contribution is -0.136. The van der Waals surface area contributed by atoms with Crippen LogP contribution in [-0.4, -0.2) is 25.3 Å². The van der Waals surface area contributed by atoms with Crippen LogP contribution in [0.1, 0.15) is 19.4 Å². The fourth-order valence-corrected chi connectivity index (χ4v) is 2.23. The molecule has 3 nitrogen and oxygen atoms in total. The Morgan fingerprint density at radius 1 is 1.32 bits per heavy atom. The van der Waals surface area contributed by atoms with Crippen molar-refractivity contribution in [2.24, 2.45) is 0 Å². The third-order valence-corrected chi connectivity index (χ3v) is 3.28. The minimum absolute atomic E-state index is 0.00286. The first-order valence-corrected chi connectivity index (χ1v) is 6.14. The van der Waals surface area contributed by atoms with Gasteiger partial charge in [0, 0.05) is 24.0 Å². The fraction of sp³-hybridized carbons (Fsp3) is 0.538. The van der Waals surface area contributed by atoms with Gasteiger partial charge in [0.25, 0.3) is 0 Å². The van der Waals surface area contributed by atoms with Crippen LogP contribution in [0.15, 0.2) is 18.2 Å². The second-order valence-electron chi connectivity index (χ2n) is 4.91. The molecule has 0 aliphatic carbocycles. The highest BCUT2D eigenvalue weighted by Crippen LogP contribution is 2.36. The van der Waals surface area contributed by atoms with Gasteiger partial charge in [-0.2, -0.15) is 13.2 Å². The molecule has 2 rings (SSSR count). The summed E-state index contributed by atoms with van der Waals surface area (Å²) < 4.78 is 44.0. The number of nitrogens with zero attached hydrogens (tertiary/aromatic N) is 1. The number of nitrogens with two attached hydrogens (primary N) is 1. The summed E-state index contributed by atoms with van der Waals surface area (Å²) in [7, 11) is 0. The number of halogens is 3. The lowest BCUT2D eigenvalue weighted by Gasteiger charge is -2.38. The highest BCUT2D eigenvalue weighted by molar-refractivity contribution is 5.60. The van der Waals surface area contributed by atoms with Gasteiger partial charge in [-0.05, 0) is 32.0 Å². The maximum atomic E-state index is 12.8. The van der Waals surface area contributed by atoms with Crippen molar-refractivity contribution in [1.29, 1.82) is 0 Å². The Bertz CT molecular complexity index is 462. The van der Waals surface area contributed by atoms with E-state index in [0.29, 0.717) is 18.8 Å². The molecule has 2 unspecified atom stereocenters. The van der Waals surface area contributed by atoms with Crippen LogP contribution in [0, 0.1) is 0 Å². The van der Waals surface area contributed by atoms with Crippen molar-refractivity contribution >= 4 is 11.4 Å². The predicted octanol–water partition coefficient (Wildman–Crippen LogP) is 2.90. The Balaban J connectivity index is 2.35. The van der Waals surface area contributed by atoms with Gasteiger partial charge in [-0.1, -0.05) is 0 Å². The summed E-state index contributed by atoms with van der Waals surface area (Å²) in [6.45, 7) is 4.91. The van der Waals surface area contributed by atoms with Gasteiger partial charge in [-0.15, -0.1) is 0 Å². The zero-order chi connectivity index (χ0) is 14.2. The van der Waals surface area contributed by atoms with Gasteiger partial charge in [0.2, 0.25) is 0 Å². The Kier molecular flexibility index (Phi) is 3.62. The molecule has 1 aliphatic heterocycles. The van der Waals surface area contributed by atoms with Gasteiger partial charge < -0.3 is 15.4 Å². The lowest BCUT2D eigenvalue weighted by Crippen LogP contribution is -2.47. The molecular weight excluding hydrogens is 257 g/mol. The fourth-order valence-electron chi connectivity index (χ4n) is 2.23. The molecule has 19 heavy (non-hydrogen) atoms. The number of nitrogen functional groups attached to an aromatic ring is 1. The van der Waals surface area contributed by atoms with E-state index in [4.69, 9.17) is 10.5 Å². The van der Waals surface area contributed by atoms with E-state index < -0.39 is 11.7 Å². The molecule has 6 heteroatoms. The molecule has 1 saturated heterocycles. The number of morpholine rings is 1. The molecule has 0 amide bonds. The van der Waals surface area contributed by atoms with Gasteiger partial charge in [0.15, 0.2) is 0 Å². The summed E-state index contributed by atoms with van der Waals surface area (Å²) in [5.74, 6) is 0. The van der Waals surface area contributed by atoms with E-state index in [1.807, 2.05) is 18.7 Å². The number of rotatable bonds is 1. The van der Waals surface area contributed by atoms with Crippen LogP contribution in [0.25, 0.3) is 0 Å². The first kappa shape index (κ1) is 14.0. The minimum Gasteiger partial charge on any atom is -0.398 e. The topological polar surface area (TPSA) is 38.5 Å². The standard InChI is InChI=1S/C13H17F3N2O/c1-8-7-19-9(2)6-18(8)10-3-4-12(17)11(5-10)13(14,15)16/h3-5,8-9H,6-7,17H2,1-2H3. The number of hydrogen-bond acceptors (Lipinski definition) is 3. The summed E-state index contributed by atoms with van der Waals surface area (Å²) in [5.41, 5.74) is 4.91. The van der Waals surface area contributed by atoms with Crippen LogP contribution in [0.4, 0.5) is 24.5 Å². The molecule has 1 heterocycles. The predicted molar refractivity (Wildman–Crippen MR) is 68.1 cm³/mol. The van der Waals surface area contributed by atoms with Crippen molar-refractivity contribution in [3.8, 4) is 0 Å². The van der Waals surface area contributed by atoms with Gasteiger partial charge in [-0.25, -0.2) is 0 Å². The second kappa shape index (κ2) is 4.92. The molecule has 1 aromatic rings. The smallest absolute Gasteiger partial charge is 0.398 e. The van der Waals surface area contributed by atoms with Crippen molar-refractivity contribution in [2.75, 3.05) is 23.8 Å². The minimum atomic E-state index is -4.43. The summed E-state index contributed by atoms with van der Waals surface area (Å²) in [5, 5.41) is 0. The van der Waals surface area contributed by atoms with Crippen molar-refractivity contribution in [3.63, 3.8) is 0 Å². The van der Waals surface area contributed by atoms with E-state index in [1.165, 1.54) is 6.07 Å². The van der Waals surface area contributed by atoms with Crippen LogP contribution in [0.5, 0.6) is 0 Å². The molecule has 0 bridgehead atoms. The van der Waals surface area contributed by atoms with Crippen LogP contribution in [0.3, 0.4) is 0 Å². The summed E-state index contributed by atoms with van der Waals surface area (Å²) in [6.07, 6.45) is -4.43. The van der Waals surface area contributed by atoms with Crippen molar-refractivity contribution in [3.05, 3.63) is 23.8 Å². The van der Waals surface area contributed by atoms with Crippen LogP contribution < -0.4 is 10.6 Å². The molecule has 0 aromatic heterocycles. The largest absolute Gasteiger partial charge is 0.418 e. The quantitative estimate of drug-likeness (QED) is 0.800. The number of hydrogen-bond donors (Lipinski definition) is 1. The number of anilines is 2. The molecule has 2 atom stereocenters. The SMILES string of the molecule is CC1CN(c2ccc(N)c(C(F)(F)F)c2)C(C)CO1. The van der Waals surface area contributed by atoms with Crippen LogP contribution in [0.2, 0.25) is 0 Å². The number of benzene rings is 1. The highest BCUT2D eigenvalue weighted by atomic mass is 19.4. The molecule has 2 N–H and O–H groups in total. The first-order chi connectivity index (χ1) is 8.79. The van der Waals surface area contributed by atoms with E-state index in [2.05, 4.69) is 0 Å². The third-order valence-electron chi connectivity index (χ3n) is 3.28.